The van der Waals surface area contributed by atoms with E-state index in [9.17, 15) is 0 Å². The molecule has 0 aromatic rings. The third-order valence-corrected chi connectivity index (χ3v) is 4.18. The first-order chi connectivity index (χ1) is 8.12. The Morgan fingerprint density at radius 1 is 1.29 bits per heavy atom. The van der Waals surface area contributed by atoms with Crippen LogP contribution in [0.15, 0.2) is 41.6 Å². The van der Waals surface area contributed by atoms with Crippen molar-refractivity contribution in [3.63, 3.8) is 0 Å². The first-order valence-electron chi connectivity index (χ1n) is 6.67. The largest absolute Gasteiger partial charge is 0.262 e. The maximum Gasteiger partial charge on any atom is 0.0438 e. The standard InChI is InChI=1S/C16H25N/c1-6-14(16(5,7-2)8-3)13-11-10-12-15(13)17-9-4/h6,9H,1,4,7-8,10-12H2,2-3,5H3/b14-13+,17-15?. The predicted octanol–water partition coefficient (Wildman–Crippen LogP) is 5.06. The van der Waals surface area contributed by atoms with Gasteiger partial charge < -0.3 is 0 Å². The summed E-state index contributed by atoms with van der Waals surface area (Å²) in [7, 11) is 0. The van der Waals surface area contributed by atoms with Crippen molar-refractivity contribution in [2.24, 2.45) is 10.4 Å². The van der Waals surface area contributed by atoms with E-state index in [-0.39, 0.29) is 5.41 Å². The minimum atomic E-state index is 0.239. The normalized spacial score (nSPS) is 21.7. The second kappa shape index (κ2) is 6.00. The molecule has 1 fully saturated rings. The number of hydrogen-bond donors (Lipinski definition) is 0. The molecule has 0 aromatic carbocycles. The van der Waals surface area contributed by atoms with Crippen LogP contribution >= 0.6 is 0 Å². The molecule has 0 radical (unpaired) electrons. The molecule has 94 valence electrons. The highest BCUT2D eigenvalue weighted by atomic mass is 14.7. The molecular weight excluding hydrogens is 206 g/mol. The van der Waals surface area contributed by atoms with Crippen LogP contribution in [0, 0.1) is 5.41 Å². The summed E-state index contributed by atoms with van der Waals surface area (Å²) in [5, 5.41) is 0. The summed E-state index contributed by atoms with van der Waals surface area (Å²) in [5.41, 5.74) is 4.29. The molecule has 0 saturated heterocycles. The molecule has 1 heteroatoms. The van der Waals surface area contributed by atoms with E-state index in [0.29, 0.717) is 0 Å². The summed E-state index contributed by atoms with van der Waals surface area (Å²) < 4.78 is 0. The fourth-order valence-electron chi connectivity index (χ4n) is 2.64. The highest BCUT2D eigenvalue weighted by molar-refractivity contribution is 6.03. The molecule has 0 N–H and O–H groups in total. The predicted molar refractivity (Wildman–Crippen MR) is 77.4 cm³/mol. The van der Waals surface area contributed by atoms with Crippen LogP contribution in [0.1, 0.15) is 52.9 Å². The molecule has 0 aromatic heterocycles. The van der Waals surface area contributed by atoms with Gasteiger partial charge in [0.25, 0.3) is 0 Å². The molecule has 0 bridgehead atoms. The van der Waals surface area contributed by atoms with Crippen molar-refractivity contribution in [3.05, 3.63) is 36.6 Å². The Morgan fingerprint density at radius 3 is 2.41 bits per heavy atom. The lowest BCUT2D eigenvalue weighted by molar-refractivity contribution is 0.374. The maximum absolute atomic E-state index is 4.43. The Labute approximate surface area is 106 Å². The smallest absolute Gasteiger partial charge is 0.0438 e. The fraction of sp³-hybridized carbons (Fsp3) is 0.562. The molecule has 0 spiro atoms. The van der Waals surface area contributed by atoms with Crippen molar-refractivity contribution in [3.8, 4) is 0 Å². The average molecular weight is 231 g/mol. The van der Waals surface area contributed by atoms with E-state index in [1.165, 1.54) is 23.3 Å². The van der Waals surface area contributed by atoms with E-state index in [1.807, 2.05) is 6.08 Å². The number of allylic oxidation sites excluding steroid dienone is 3. The summed E-state index contributed by atoms with van der Waals surface area (Å²) >= 11 is 0. The summed E-state index contributed by atoms with van der Waals surface area (Å²) in [6.07, 6.45) is 9.45. The van der Waals surface area contributed by atoms with Gasteiger partial charge in [0.1, 0.15) is 0 Å². The molecule has 1 aliphatic rings. The van der Waals surface area contributed by atoms with Gasteiger partial charge in [-0.1, -0.05) is 40.0 Å². The van der Waals surface area contributed by atoms with Crippen molar-refractivity contribution in [2.45, 2.75) is 52.9 Å². The lowest BCUT2D eigenvalue weighted by atomic mass is 9.74. The van der Waals surface area contributed by atoms with Crippen LogP contribution in [0.25, 0.3) is 0 Å². The Bertz CT molecular complexity index is 354. The summed E-state index contributed by atoms with van der Waals surface area (Å²) in [6.45, 7) is 14.6. The molecule has 1 nitrogen and oxygen atoms in total. The van der Waals surface area contributed by atoms with Crippen LogP contribution in [-0.4, -0.2) is 5.71 Å². The van der Waals surface area contributed by atoms with E-state index in [1.54, 1.807) is 6.20 Å². The van der Waals surface area contributed by atoms with Crippen LogP contribution < -0.4 is 0 Å². The molecule has 1 aliphatic carbocycles. The van der Waals surface area contributed by atoms with E-state index >= 15 is 0 Å². The molecule has 1 saturated carbocycles. The van der Waals surface area contributed by atoms with Crippen molar-refractivity contribution >= 4 is 5.71 Å². The fourth-order valence-corrected chi connectivity index (χ4v) is 2.64. The Kier molecular flexibility index (Phi) is 4.92. The maximum atomic E-state index is 4.43. The van der Waals surface area contributed by atoms with E-state index in [2.05, 4.69) is 38.9 Å². The number of rotatable bonds is 5. The van der Waals surface area contributed by atoms with Gasteiger partial charge in [-0.3, -0.25) is 4.99 Å². The van der Waals surface area contributed by atoms with Gasteiger partial charge in [-0.05, 0) is 48.7 Å². The summed E-state index contributed by atoms with van der Waals surface area (Å²) in [5.74, 6) is 0. The zero-order valence-electron chi connectivity index (χ0n) is 11.6. The average Bonchev–Trinajstić information content (AvgIpc) is 2.78. The van der Waals surface area contributed by atoms with Gasteiger partial charge in [-0.25, -0.2) is 0 Å². The van der Waals surface area contributed by atoms with Crippen molar-refractivity contribution < 1.29 is 0 Å². The minimum Gasteiger partial charge on any atom is -0.262 e. The molecule has 0 unspecified atom stereocenters. The molecule has 17 heavy (non-hydrogen) atoms. The van der Waals surface area contributed by atoms with Gasteiger partial charge in [0.2, 0.25) is 0 Å². The lowest BCUT2D eigenvalue weighted by Gasteiger charge is -2.30. The zero-order valence-corrected chi connectivity index (χ0v) is 11.6. The Balaban J connectivity index is 3.27. The highest BCUT2D eigenvalue weighted by Gasteiger charge is 2.29. The topological polar surface area (TPSA) is 12.4 Å². The first-order valence-corrected chi connectivity index (χ1v) is 6.67. The van der Waals surface area contributed by atoms with E-state index in [0.717, 1.165) is 25.7 Å². The molecular formula is C16H25N. The van der Waals surface area contributed by atoms with Crippen LogP contribution in [0.3, 0.4) is 0 Å². The van der Waals surface area contributed by atoms with Gasteiger partial charge in [0.05, 0.1) is 0 Å². The Hall–Kier alpha value is -1.11. The minimum absolute atomic E-state index is 0.239. The number of hydrogen-bond acceptors (Lipinski definition) is 1. The first kappa shape index (κ1) is 14.0. The number of aliphatic imine (C=N–C) groups is 1. The third kappa shape index (κ3) is 2.77. The summed E-state index contributed by atoms with van der Waals surface area (Å²) in [4.78, 5) is 4.43. The van der Waals surface area contributed by atoms with E-state index < -0.39 is 0 Å². The van der Waals surface area contributed by atoms with Crippen molar-refractivity contribution in [1.29, 1.82) is 0 Å². The van der Waals surface area contributed by atoms with Crippen molar-refractivity contribution in [1.82, 2.24) is 0 Å². The molecule has 0 atom stereocenters. The van der Waals surface area contributed by atoms with E-state index in [4.69, 9.17) is 0 Å². The van der Waals surface area contributed by atoms with Crippen molar-refractivity contribution in [2.75, 3.05) is 0 Å². The van der Waals surface area contributed by atoms with Crippen LogP contribution in [0.2, 0.25) is 0 Å². The van der Waals surface area contributed by atoms with Gasteiger partial charge in [-0.15, -0.1) is 0 Å². The van der Waals surface area contributed by atoms with Gasteiger partial charge >= 0.3 is 0 Å². The van der Waals surface area contributed by atoms with Crippen LogP contribution in [0.4, 0.5) is 0 Å². The highest BCUT2D eigenvalue weighted by Crippen LogP contribution is 2.40. The molecule has 0 heterocycles. The quantitative estimate of drug-likeness (QED) is 0.627. The molecule has 0 amide bonds. The zero-order chi connectivity index (χ0) is 12.9. The van der Waals surface area contributed by atoms with Gasteiger partial charge in [0, 0.05) is 11.9 Å². The Morgan fingerprint density at radius 2 is 1.94 bits per heavy atom. The second-order valence-electron chi connectivity index (χ2n) is 4.98. The summed E-state index contributed by atoms with van der Waals surface area (Å²) in [6, 6.07) is 0. The lowest BCUT2D eigenvalue weighted by Crippen LogP contribution is -2.19. The van der Waals surface area contributed by atoms with Crippen LogP contribution in [0.5, 0.6) is 0 Å². The number of nitrogens with zero attached hydrogens (tertiary/aromatic N) is 1. The molecule has 1 rings (SSSR count). The SMILES string of the molecule is C=CN=C1CCC/C1=C(/C=C)C(C)(CC)CC. The van der Waals surface area contributed by atoms with Gasteiger partial charge in [0.15, 0.2) is 0 Å². The van der Waals surface area contributed by atoms with Crippen LogP contribution in [-0.2, 0) is 0 Å². The monoisotopic (exact) mass is 231 g/mol. The molecule has 0 aliphatic heterocycles. The second-order valence-corrected chi connectivity index (χ2v) is 4.98. The van der Waals surface area contributed by atoms with Gasteiger partial charge in [-0.2, -0.15) is 0 Å². The third-order valence-electron chi connectivity index (χ3n) is 4.18.